The van der Waals surface area contributed by atoms with Crippen LogP contribution in [0.5, 0.6) is 0 Å². The Balaban J connectivity index is 0. The van der Waals surface area contributed by atoms with E-state index in [4.69, 9.17) is 0 Å². The van der Waals surface area contributed by atoms with E-state index in [0.717, 1.165) is 0 Å². The van der Waals surface area contributed by atoms with Crippen molar-refractivity contribution in [3.63, 3.8) is 0 Å². The average molecular weight is 328 g/mol. The summed E-state index contributed by atoms with van der Waals surface area (Å²) in [4.78, 5) is 0. The number of rotatable bonds is 0. The second-order valence-corrected chi connectivity index (χ2v) is 2.86. The van der Waals surface area contributed by atoms with Crippen LogP contribution in [-0.2, 0) is 18.6 Å². The van der Waals surface area contributed by atoms with E-state index in [1.165, 1.54) is 10.5 Å². The molecular weight excluding hydrogens is 321 g/mol. The Hall–Kier alpha value is 0.696. The molecule has 1 aliphatic carbocycles. The zero-order valence-electron chi connectivity index (χ0n) is 4.11. The van der Waals surface area contributed by atoms with Crippen LogP contribution in [0.15, 0.2) is 22.4 Å². The SMILES string of the molecule is Cl.Cl.[Os][C]1=CC=CC1. The Morgan fingerprint density at radius 1 is 1.38 bits per heavy atom. The molecule has 0 amide bonds. The van der Waals surface area contributed by atoms with Gasteiger partial charge < -0.3 is 0 Å². The Bertz CT molecular complexity index is 107. The van der Waals surface area contributed by atoms with Crippen LogP contribution in [-0.4, -0.2) is 0 Å². The Morgan fingerprint density at radius 2 is 2.00 bits per heavy atom. The van der Waals surface area contributed by atoms with Gasteiger partial charge in [-0.25, -0.2) is 0 Å². The summed E-state index contributed by atoms with van der Waals surface area (Å²) in [5.74, 6) is 0. The topological polar surface area (TPSA) is 0 Å². The van der Waals surface area contributed by atoms with Gasteiger partial charge in [-0.15, -0.1) is 24.8 Å². The van der Waals surface area contributed by atoms with E-state index in [9.17, 15) is 0 Å². The normalized spacial score (nSPS) is 13.9. The van der Waals surface area contributed by atoms with Gasteiger partial charge >= 0.3 is 47.4 Å². The van der Waals surface area contributed by atoms with E-state index in [0.29, 0.717) is 0 Å². The summed E-state index contributed by atoms with van der Waals surface area (Å²) in [6, 6.07) is 0. The molecule has 0 aliphatic heterocycles. The van der Waals surface area contributed by atoms with Crippen LogP contribution in [0.3, 0.4) is 0 Å². The first-order valence-corrected chi connectivity index (χ1v) is 3.16. The minimum atomic E-state index is 0. The Morgan fingerprint density at radius 3 is 2.12 bits per heavy atom. The molecule has 8 heavy (non-hydrogen) atoms. The minimum absolute atomic E-state index is 0. The van der Waals surface area contributed by atoms with Crippen molar-refractivity contribution in [2.45, 2.75) is 6.42 Å². The molecule has 3 heteroatoms. The van der Waals surface area contributed by atoms with Crippen molar-refractivity contribution < 1.29 is 18.6 Å². The van der Waals surface area contributed by atoms with Gasteiger partial charge in [-0.05, 0) is 0 Å². The fourth-order valence-electron chi connectivity index (χ4n) is 0.416. The van der Waals surface area contributed by atoms with E-state index in [-0.39, 0.29) is 24.8 Å². The van der Waals surface area contributed by atoms with Crippen molar-refractivity contribution in [1.29, 1.82) is 0 Å². The van der Waals surface area contributed by atoms with Crippen molar-refractivity contribution >= 4 is 24.8 Å². The molecule has 0 saturated heterocycles. The molecule has 0 bridgehead atoms. The first-order chi connectivity index (χ1) is 2.89. The number of hydrogen-bond acceptors (Lipinski definition) is 0. The molecule has 0 unspecified atom stereocenters. The van der Waals surface area contributed by atoms with Crippen molar-refractivity contribution in [2.24, 2.45) is 0 Å². The first-order valence-electron chi connectivity index (χ1n) is 1.89. The van der Waals surface area contributed by atoms with Gasteiger partial charge in [0.1, 0.15) is 0 Å². The van der Waals surface area contributed by atoms with Crippen molar-refractivity contribution in [1.82, 2.24) is 0 Å². The van der Waals surface area contributed by atoms with E-state index in [1.54, 1.807) is 0 Å². The molecule has 0 aromatic rings. The molecule has 0 aromatic carbocycles. The van der Waals surface area contributed by atoms with E-state index in [1.807, 2.05) is 18.6 Å². The van der Waals surface area contributed by atoms with Crippen LogP contribution in [0.4, 0.5) is 0 Å². The third-order valence-corrected chi connectivity index (χ3v) is 1.66. The molecule has 0 atom stereocenters. The molecular formula is C5H7Cl2Os. The van der Waals surface area contributed by atoms with Gasteiger partial charge in [-0.1, -0.05) is 0 Å². The molecule has 0 nitrogen and oxygen atoms in total. The molecule has 49 valence electrons. The van der Waals surface area contributed by atoms with E-state index in [2.05, 4.69) is 18.2 Å². The summed E-state index contributed by atoms with van der Waals surface area (Å²) >= 11 is 1.96. The van der Waals surface area contributed by atoms with Crippen molar-refractivity contribution in [3.05, 3.63) is 22.4 Å². The molecule has 0 radical (unpaired) electrons. The maximum atomic E-state index is 2.17. The molecule has 0 fully saturated rings. The van der Waals surface area contributed by atoms with Gasteiger partial charge in [0.15, 0.2) is 0 Å². The second-order valence-electron chi connectivity index (χ2n) is 1.23. The van der Waals surface area contributed by atoms with Gasteiger partial charge in [-0.3, -0.25) is 0 Å². The zero-order chi connectivity index (χ0) is 4.41. The van der Waals surface area contributed by atoms with Crippen LogP contribution in [0.1, 0.15) is 6.42 Å². The Labute approximate surface area is 72.2 Å². The van der Waals surface area contributed by atoms with Crippen LogP contribution >= 0.6 is 24.8 Å². The summed E-state index contributed by atoms with van der Waals surface area (Å²) < 4.78 is 1.50. The first kappa shape index (κ1) is 11.5. The molecule has 0 heterocycles. The fourth-order valence-corrected chi connectivity index (χ4v) is 0.960. The summed E-state index contributed by atoms with van der Waals surface area (Å²) in [7, 11) is 0. The Kier molecular flexibility index (Phi) is 8.37. The number of halogens is 2. The predicted octanol–water partition coefficient (Wildman–Crippen LogP) is 2.22. The fraction of sp³-hybridized carbons (Fsp3) is 0.200. The molecule has 0 spiro atoms. The number of allylic oxidation sites excluding steroid dienone is 4. The number of hydrogen-bond donors (Lipinski definition) is 0. The summed E-state index contributed by atoms with van der Waals surface area (Å²) in [6.45, 7) is 0. The van der Waals surface area contributed by atoms with Gasteiger partial charge in [0.25, 0.3) is 0 Å². The molecule has 0 saturated carbocycles. The second kappa shape index (κ2) is 5.83. The monoisotopic (exact) mass is 329 g/mol. The molecule has 1 rings (SSSR count). The quantitative estimate of drug-likeness (QED) is 0.640. The van der Waals surface area contributed by atoms with Gasteiger partial charge in [0, 0.05) is 0 Å². The third-order valence-electron chi connectivity index (χ3n) is 0.717. The van der Waals surface area contributed by atoms with E-state index >= 15 is 0 Å². The summed E-state index contributed by atoms with van der Waals surface area (Å²) in [6.07, 6.45) is 7.60. The van der Waals surface area contributed by atoms with Gasteiger partial charge in [-0.2, -0.15) is 0 Å². The standard InChI is InChI=1S/C5H5.2ClH.Os/c1-2-4-5-3-1;;;/h1-3H,4H2;2*1H;. The third kappa shape index (κ3) is 3.67. The van der Waals surface area contributed by atoms with Crippen LogP contribution in [0, 0.1) is 0 Å². The maximum absolute atomic E-state index is 2.17. The predicted molar refractivity (Wildman–Crippen MR) is 36.3 cm³/mol. The zero-order valence-corrected chi connectivity index (χ0v) is 8.28. The summed E-state index contributed by atoms with van der Waals surface area (Å²) in [5.41, 5.74) is 0. The van der Waals surface area contributed by atoms with Gasteiger partial charge in [0.2, 0.25) is 0 Å². The van der Waals surface area contributed by atoms with E-state index < -0.39 is 0 Å². The molecule has 1 aliphatic rings. The van der Waals surface area contributed by atoms with Gasteiger partial charge in [0.05, 0.1) is 0 Å². The molecule has 0 N–H and O–H groups in total. The molecule has 0 aromatic heterocycles. The van der Waals surface area contributed by atoms with Crippen LogP contribution < -0.4 is 0 Å². The summed E-state index contributed by atoms with van der Waals surface area (Å²) in [5, 5.41) is 0. The van der Waals surface area contributed by atoms with Crippen LogP contribution in [0.25, 0.3) is 0 Å². The van der Waals surface area contributed by atoms with Crippen molar-refractivity contribution in [2.75, 3.05) is 0 Å². The van der Waals surface area contributed by atoms with Crippen LogP contribution in [0.2, 0.25) is 0 Å². The average Bonchev–Trinajstić information content (AvgIpc) is 1.86. The van der Waals surface area contributed by atoms with Crippen molar-refractivity contribution in [3.8, 4) is 0 Å².